The number of sulfonamides is 1. The fourth-order valence-electron chi connectivity index (χ4n) is 2.43. The Labute approximate surface area is 146 Å². The molecule has 1 aromatic carbocycles. The van der Waals surface area contributed by atoms with Crippen LogP contribution in [0.2, 0.25) is 0 Å². The summed E-state index contributed by atoms with van der Waals surface area (Å²) in [6.45, 7) is 6.60. The lowest BCUT2D eigenvalue weighted by Gasteiger charge is -2.19. The molecule has 0 aromatic heterocycles. The van der Waals surface area contributed by atoms with Crippen LogP contribution in [0.15, 0.2) is 29.2 Å². The monoisotopic (exact) mass is 354 g/mol. The quantitative estimate of drug-likeness (QED) is 0.702. The lowest BCUT2D eigenvalue weighted by Crippen LogP contribution is -2.40. The summed E-state index contributed by atoms with van der Waals surface area (Å²) < 4.78 is 26.0. The van der Waals surface area contributed by atoms with E-state index in [0.29, 0.717) is 12.5 Å². The van der Waals surface area contributed by atoms with Gasteiger partial charge in [0, 0.05) is 13.6 Å². The highest BCUT2D eigenvalue weighted by molar-refractivity contribution is 7.89. The van der Waals surface area contributed by atoms with Gasteiger partial charge >= 0.3 is 0 Å². The minimum Gasteiger partial charge on any atom is -0.355 e. The number of likely N-dealkylation sites (N-methyl/N-ethyl adjacent to an activating group) is 1. The average Bonchev–Trinajstić information content (AvgIpc) is 2.55. The Morgan fingerprint density at radius 1 is 1.21 bits per heavy atom. The van der Waals surface area contributed by atoms with E-state index in [-0.39, 0.29) is 17.3 Å². The molecule has 1 aromatic rings. The standard InChI is InChI=1S/C18H30N2O3S/c1-5-7-8-16(6-2)13-19-18(21)14-20(4)24(22,23)17-11-9-15(3)10-12-17/h9-12,16H,5-8,13-14H2,1-4H3,(H,19,21)/t16-/m0/s1. The highest BCUT2D eigenvalue weighted by atomic mass is 32.2. The van der Waals surface area contributed by atoms with Crippen LogP contribution in [0.1, 0.15) is 45.1 Å². The van der Waals surface area contributed by atoms with Gasteiger partial charge in [0.15, 0.2) is 0 Å². The fourth-order valence-corrected chi connectivity index (χ4v) is 3.56. The Hall–Kier alpha value is -1.40. The van der Waals surface area contributed by atoms with E-state index in [1.165, 1.54) is 7.05 Å². The van der Waals surface area contributed by atoms with Gasteiger partial charge in [-0.2, -0.15) is 4.31 Å². The third-order valence-corrected chi connectivity index (χ3v) is 6.04. The number of carbonyl (C=O) groups is 1. The first-order valence-corrected chi connectivity index (χ1v) is 10.0. The molecule has 0 aliphatic rings. The van der Waals surface area contributed by atoms with Gasteiger partial charge in [-0.05, 0) is 31.4 Å². The van der Waals surface area contributed by atoms with Crippen molar-refractivity contribution in [1.82, 2.24) is 9.62 Å². The van der Waals surface area contributed by atoms with Crippen molar-refractivity contribution >= 4 is 15.9 Å². The second-order valence-electron chi connectivity index (χ2n) is 6.29. The van der Waals surface area contributed by atoms with Crippen molar-refractivity contribution < 1.29 is 13.2 Å². The van der Waals surface area contributed by atoms with Crippen LogP contribution in [-0.4, -0.2) is 38.8 Å². The Balaban J connectivity index is 2.58. The number of carbonyl (C=O) groups excluding carboxylic acids is 1. The summed E-state index contributed by atoms with van der Waals surface area (Å²) in [4.78, 5) is 12.3. The largest absolute Gasteiger partial charge is 0.355 e. The predicted molar refractivity (Wildman–Crippen MR) is 97.3 cm³/mol. The summed E-state index contributed by atoms with van der Waals surface area (Å²) in [6, 6.07) is 6.63. The van der Waals surface area contributed by atoms with Gasteiger partial charge in [-0.25, -0.2) is 8.42 Å². The minimum absolute atomic E-state index is 0.166. The maximum atomic E-state index is 12.5. The van der Waals surface area contributed by atoms with Gasteiger partial charge in [0.25, 0.3) is 0 Å². The molecule has 0 unspecified atom stereocenters. The lowest BCUT2D eigenvalue weighted by atomic mass is 9.99. The second-order valence-corrected chi connectivity index (χ2v) is 8.34. The fraction of sp³-hybridized carbons (Fsp3) is 0.611. The van der Waals surface area contributed by atoms with Gasteiger partial charge in [0.05, 0.1) is 11.4 Å². The number of nitrogens with one attached hydrogen (secondary N) is 1. The topological polar surface area (TPSA) is 66.5 Å². The molecule has 0 bridgehead atoms. The van der Waals surface area contributed by atoms with Gasteiger partial charge in [-0.1, -0.05) is 50.8 Å². The number of benzene rings is 1. The summed E-state index contributed by atoms with van der Waals surface area (Å²) in [5.41, 5.74) is 0.993. The predicted octanol–water partition coefficient (Wildman–Crippen LogP) is 2.95. The maximum absolute atomic E-state index is 12.5. The third kappa shape index (κ3) is 6.24. The third-order valence-electron chi connectivity index (χ3n) is 4.23. The molecule has 1 amide bonds. The molecule has 0 saturated carbocycles. The minimum atomic E-state index is -3.64. The number of rotatable bonds is 10. The van der Waals surface area contributed by atoms with Crippen molar-refractivity contribution in [1.29, 1.82) is 0 Å². The Kier molecular flexibility index (Phi) is 8.42. The number of aryl methyl sites for hydroxylation is 1. The van der Waals surface area contributed by atoms with E-state index in [9.17, 15) is 13.2 Å². The zero-order valence-electron chi connectivity index (χ0n) is 15.2. The molecule has 0 fully saturated rings. The van der Waals surface area contributed by atoms with E-state index >= 15 is 0 Å². The van der Waals surface area contributed by atoms with Crippen LogP contribution in [0.5, 0.6) is 0 Å². The number of nitrogens with zero attached hydrogens (tertiary/aromatic N) is 1. The van der Waals surface area contributed by atoms with E-state index in [2.05, 4.69) is 19.2 Å². The Morgan fingerprint density at radius 3 is 2.38 bits per heavy atom. The first-order chi connectivity index (χ1) is 11.3. The molecule has 0 spiro atoms. The van der Waals surface area contributed by atoms with E-state index in [1.54, 1.807) is 24.3 Å². The number of unbranched alkanes of at least 4 members (excludes halogenated alkanes) is 1. The highest BCUT2D eigenvalue weighted by Crippen LogP contribution is 2.15. The van der Waals surface area contributed by atoms with Crippen molar-refractivity contribution in [3.05, 3.63) is 29.8 Å². The summed E-state index contributed by atoms with van der Waals surface area (Å²) in [7, 11) is -2.20. The van der Waals surface area contributed by atoms with E-state index in [0.717, 1.165) is 35.6 Å². The lowest BCUT2D eigenvalue weighted by molar-refractivity contribution is -0.121. The molecule has 0 aliphatic heterocycles. The molecular weight excluding hydrogens is 324 g/mol. The Morgan fingerprint density at radius 2 is 1.83 bits per heavy atom. The first-order valence-electron chi connectivity index (χ1n) is 8.61. The van der Waals surface area contributed by atoms with Crippen LogP contribution in [0.4, 0.5) is 0 Å². The SMILES string of the molecule is CCCC[C@H](CC)CNC(=O)CN(C)S(=O)(=O)c1ccc(C)cc1. The summed E-state index contributed by atoms with van der Waals surface area (Å²) in [5, 5.41) is 2.86. The maximum Gasteiger partial charge on any atom is 0.243 e. The molecule has 0 radical (unpaired) electrons. The van der Waals surface area contributed by atoms with Crippen LogP contribution >= 0.6 is 0 Å². The molecule has 6 heteroatoms. The first kappa shape index (κ1) is 20.6. The highest BCUT2D eigenvalue weighted by Gasteiger charge is 2.22. The summed E-state index contributed by atoms with van der Waals surface area (Å²) in [5.74, 6) is 0.191. The van der Waals surface area contributed by atoms with Crippen molar-refractivity contribution in [3.8, 4) is 0 Å². The van der Waals surface area contributed by atoms with Gasteiger partial charge in [0.2, 0.25) is 15.9 Å². The van der Waals surface area contributed by atoms with E-state index in [4.69, 9.17) is 0 Å². The molecule has 0 saturated heterocycles. The van der Waals surface area contributed by atoms with Crippen LogP contribution in [0.25, 0.3) is 0 Å². The molecule has 1 N–H and O–H groups in total. The molecule has 0 heterocycles. The Bertz CT molecular complexity index is 612. The van der Waals surface area contributed by atoms with Crippen molar-refractivity contribution in [3.63, 3.8) is 0 Å². The molecule has 0 aliphatic carbocycles. The van der Waals surface area contributed by atoms with Crippen LogP contribution in [0.3, 0.4) is 0 Å². The molecule has 136 valence electrons. The zero-order valence-corrected chi connectivity index (χ0v) is 16.0. The van der Waals surface area contributed by atoms with Crippen molar-refractivity contribution in [2.45, 2.75) is 51.3 Å². The number of amides is 1. The second kappa shape index (κ2) is 9.79. The smallest absolute Gasteiger partial charge is 0.243 e. The number of hydrogen-bond acceptors (Lipinski definition) is 3. The zero-order chi connectivity index (χ0) is 18.2. The summed E-state index contributed by atoms with van der Waals surface area (Å²) >= 11 is 0. The van der Waals surface area contributed by atoms with E-state index in [1.807, 2.05) is 6.92 Å². The number of hydrogen-bond donors (Lipinski definition) is 1. The van der Waals surface area contributed by atoms with Crippen molar-refractivity contribution in [2.24, 2.45) is 5.92 Å². The van der Waals surface area contributed by atoms with E-state index < -0.39 is 10.0 Å². The van der Waals surface area contributed by atoms with Gasteiger partial charge < -0.3 is 5.32 Å². The van der Waals surface area contributed by atoms with Gasteiger partial charge in [-0.15, -0.1) is 0 Å². The molecule has 5 nitrogen and oxygen atoms in total. The molecule has 1 atom stereocenters. The summed E-state index contributed by atoms with van der Waals surface area (Å²) in [6.07, 6.45) is 4.39. The molecular formula is C18H30N2O3S. The van der Waals surface area contributed by atoms with Gasteiger partial charge in [0.1, 0.15) is 0 Å². The molecule has 24 heavy (non-hydrogen) atoms. The van der Waals surface area contributed by atoms with Crippen molar-refractivity contribution in [2.75, 3.05) is 20.1 Å². The molecule has 1 rings (SSSR count). The van der Waals surface area contributed by atoms with Gasteiger partial charge in [-0.3, -0.25) is 4.79 Å². The van der Waals surface area contributed by atoms with Crippen LogP contribution in [0, 0.1) is 12.8 Å². The average molecular weight is 355 g/mol. The van der Waals surface area contributed by atoms with Crippen LogP contribution < -0.4 is 5.32 Å². The normalized spacial score (nSPS) is 13.0. The van der Waals surface area contributed by atoms with Crippen LogP contribution in [-0.2, 0) is 14.8 Å².